The van der Waals surface area contributed by atoms with Crippen molar-refractivity contribution in [3.63, 3.8) is 0 Å². The van der Waals surface area contributed by atoms with Crippen LogP contribution in [0.2, 0.25) is 35.8 Å². The highest BCUT2D eigenvalue weighted by Crippen LogP contribution is 2.39. The van der Waals surface area contributed by atoms with Crippen molar-refractivity contribution in [2.24, 2.45) is 0 Å². The van der Waals surface area contributed by atoms with Crippen molar-refractivity contribution in [3.8, 4) is 0 Å². The first-order chi connectivity index (χ1) is 9.10. The van der Waals surface area contributed by atoms with Crippen LogP contribution in [0.1, 0.15) is 54.9 Å². The lowest BCUT2D eigenvalue weighted by Gasteiger charge is -2.44. The molecule has 4 heteroatoms. The van der Waals surface area contributed by atoms with E-state index in [2.05, 4.69) is 66.5 Å². The molecule has 0 spiro atoms. The highest BCUT2D eigenvalue weighted by Gasteiger charge is 2.42. The van der Waals surface area contributed by atoms with Gasteiger partial charge in [-0.05, 0) is 55.7 Å². The first-order valence-corrected chi connectivity index (χ1v) is 13.8. The first kappa shape index (κ1) is 20.4. The third-order valence-electron chi connectivity index (χ3n) is 4.79. The maximum absolute atomic E-state index is 5.93. The molecule has 0 radical (unpaired) electrons. The molecule has 0 amide bonds. The van der Waals surface area contributed by atoms with Gasteiger partial charge in [0.05, 0.1) is 0 Å². The van der Waals surface area contributed by atoms with Crippen LogP contribution in [0.25, 0.3) is 0 Å². The van der Waals surface area contributed by atoms with Crippen LogP contribution in [-0.4, -0.2) is 29.7 Å². The van der Waals surface area contributed by atoms with E-state index in [1.54, 1.807) is 0 Å². The summed E-state index contributed by atoms with van der Waals surface area (Å²) < 4.78 is 5.93. The predicted octanol–water partition coefficient (Wildman–Crippen LogP) is 5.38. The molecule has 2 nitrogen and oxygen atoms in total. The molecule has 122 valence electrons. The fraction of sp³-hybridized carbons (Fsp3) is 1.00. The highest BCUT2D eigenvalue weighted by molar-refractivity contribution is 6.81. The molecule has 0 aromatic heterocycles. The van der Waals surface area contributed by atoms with Crippen molar-refractivity contribution in [2.45, 2.75) is 90.6 Å². The van der Waals surface area contributed by atoms with Gasteiger partial charge in [-0.2, -0.15) is 0 Å². The van der Waals surface area contributed by atoms with Gasteiger partial charge in [0, 0.05) is 6.61 Å². The second-order valence-electron chi connectivity index (χ2n) is 7.62. The zero-order chi connectivity index (χ0) is 16.0. The minimum Gasteiger partial charge on any atom is -0.418 e. The minimum atomic E-state index is -1.42. The molecule has 0 aromatic rings. The summed E-state index contributed by atoms with van der Waals surface area (Å²) in [7, 11) is -2.82. The van der Waals surface area contributed by atoms with Gasteiger partial charge in [0.25, 0.3) is 0 Å². The Bertz CT molecular complexity index is 243. The summed E-state index contributed by atoms with van der Waals surface area (Å²) >= 11 is 0. The van der Waals surface area contributed by atoms with Crippen LogP contribution in [0.5, 0.6) is 0 Å². The standard InChI is InChI=1S/C16H39NOSi2/c1-10-18-19(8,9)13-11-12-17-20(14(2)3,15(4)5)16(6)7/h14-17H,10-13H2,1-9H3. The van der Waals surface area contributed by atoms with E-state index in [1.807, 2.05) is 0 Å². The molecule has 1 N–H and O–H groups in total. The van der Waals surface area contributed by atoms with E-state index in [0.717, 1.165) is 23.2 Å². The molecule has 0 rings (SSSR count). The topological polar surface area (TPSA) is 21.3 Å². The number of nitrogens with one attached hydrogen (secondary N) is 1. The summed E-state index contributed by atoms with van der Waals surface area (Å²) in [6, 6.07) is 1.27. The maximum atomic E-state index is 5.93. The van der Waals surface area contributed by atoms with Crippen molar-refractivity contribution < 1.29 is 4.43 Å². The van der Waals surface area contributed by atoms with Crippen LogP contribution in [-0.2, 0) is 4.43 Å². The van der Waals surface area contributed by atoms with E-state index in [1.165, 1.54) is 19.0 Å². The van der Waals surface area contributed by atoms with Crippen LogP contribution in [0.15, 0.2) is 0 Å². The van der Waals surface area contributed by atoms with E-state index in [-0.39, 0.29) is 0 Å². The summed E-state index contributed by atoms with van der Waals surface area (Å²) in [5.41, 5.74) is 2.37. The summed E-state index contributed by atoms with van der Waals surface area (Å²) in [6.07, 6.45) is 1.26. The number of rotatable bonds is 10. The molecule has 0 heterocycles. The van der Waals surface area contributed by atoms with Gasteiger partial charge in [-0.1, -0.05) is 41.5 Å². The van der Waals surface area contributed by atoms with Gasteiger partial charge >= 0.3 is 0 Å². The molecule has 20 heavy (non-hydrogen) atoms. The van der Waals surface area contributed by atoms with Gasteiger partial charge in [-0.25, -0.2) is 0 Å². The van der Waals surface area contributed by atoms with Crippen LogP contribution in [0.4, 0.5) is 0 Å². The van der Waals surface area contributed by atoms with Crippen LogP contribution < -0.4 is 4.98 Å². The quantitative estimate of drug-likeness (QED) is 0.431. The molecule has 0 aliphatic heterocycles. The zero-order valence-corrected chi connectivity index (χ0v) is 17.5. The predicted molar refractivity (Wildman–Crippen MR) is 97.6 cm³/mol. The van der Waals surface area contributed by atoms with Crippen molar-refractivity contribution >= 4 is 16.6 Å². The fourth-order valence-corrected chi connectivity index (χ4v) is 11.7. The molecule has 0 bridgehead atoms. The lowest BCUT2D eigenvalue weighted by molar-refractivity contribution is 0.328. The fourth-order valence-electron chi connectivity index (χ4n) is 3.89. The van der Waals surface area contributed by atoms with E-state index in [4.69, 9.17) is 4.43 Å². The van der Waals surface area contributed by atoms with Gasteiger partial charge in [0.1, 0.15) is 8.24 Å². The lowest BCUT2D eigenvalue weighted by atomic mass is 10.5. The molecule has 0 saturated carbocycles. The summed E-state index contributed by atoms with van der Waals surface area (Å²) in [5, 5.41) is 0. The summed E-state index contributed by atoms with van der Waals surface area (Å²) in [4.78, 5) is 4.05. The van der Waals surface area contributed by atoms with Gasteiger partial charge in [-0.3, -0.25) is 0 Å². The zero-order valence-electron chi connectivity index (χ0n) is 15.5. The van der Waals surface area contributed by atoms with Crippen LogP contribution in [0, 0.1) is 0 Å². The van der Waals surface area contributed by atoms with Crippen LogP contribution in [0.3, 0.4) is 0 Å². The Labute approximate surface area is 130 Å². The molecule has 0 aromatic carbocycles. The second-order valence-corrected chi connectivity index (χ2v) is 17.6. The number of hydrogen-bond donors (Lipinski definition) is 1. The van der Waals surface area contributed by atoms with Crippen molar-refractivity contribution in [3.05, 3.63) is 0 Å². The smallest absolute Gasteiger partial charge is 0.186 e. The normalized spacial score (nSPS) is 13.8. The van der Waals surface area contributed by atoms with Gasteiger partial charge in [-0.15, -0.1) is 0 Å². The largest absolute Gasteiger partial charge is 0.418 e. The van der Waals surface area contributed by atoms with E-state index >= 15 is 0 Å². The molecule has 0 aliphatic carbocycles. The average Bonchev–Trinajstić information content (AvgIpc) is 2.27. The Morgan fingerprint density at radius 3 is 1.70 bits per heavy atom. The molecular weight excluding hydrogens is 278 g/mol. The lowest BCUT2D eigenvalue weighted by Crippen LogP contribution is -2.58. The third kappa shape index (κ3) is 5.62. The monoisotopic (exact) mass is 317 g/mol. The first-order valence-electron chi connectivity index (χ1n) is 8.49. The van der Waals surface area contributed by atoms with E-state index in [0.29, 0.717) is 0 Å². The maximum Gasteiger partial charge on any atom is 0.186 e. The van der Waals surface area contributed by atoms with Crippen molar-refractivity contribution in [2.75, 3.05) is 13.2 Å². The van der Waals surface area contributed by atoms with Crippen molar-refractivity contribution in [1.29, 1.82) is 0 Å². The second kappa shape index (κ2) is 8.71. The Morgan fingerprint density at radius 1 is 0.900 bits per heavy atom. The summed E-state index contributed by atoms with van der Waals surface area (Å²) in [5.74, 6) is 0. The van der Waals surface area contributed by atoms with Gasteiger partial charge in [0.15, 0.2) is 8.32 Å². The van der Waals surface area contributed by atoms with Gasteiger partial charge < -0.3 is 9.41 Å². The molecule has 0 fully saturated rings. The SMILES string of the molecule is CCO[Si](C)(C)CCCN[Si](C(C)C)(C(C)C)C(C)C. The highest BCUT2D eigenvalue weighted by atomic mass is 28.4. The minimum absolute atomic E-state index is 0.791. The Kier molecular flexibility index (Phi) is 8.87. The average molecular weight is 318 g/mol. The Hall–Kier alpha value is 0.354. The van der Waals surface area contributed by atoms with Crippen LogP contribution >= 0.6 is 0 Å². The van der Waals surface area contributed by atoms with E-state index < -0.39 is 16.6 Å². The van der Waals surface area contributed by atoms with Crippen molar-refractivity contribution in [1.82, 2.24) is 4.98 Å². The molecule has 0 aliphatic rings. The Balaban J connectivity index is 4.50. The molecule has 0 saturated heterocycles. The Morgan fingerprint density at radius 2 is 1.35 bits per heavy atom. The summed E-state index contributed by atoms with van der Waals surface area (Å²) in [6.45, 7) is 23.3. The third-order valence-corrected chi connectivity index (χ3v) is 14.0. The molecule has 0 atom stereocenters. The molecule has 0 unspecified atom stereocenters. The molecular formula is C16H39NOSi2. The number of hydrogen-bond acceptors (Lipinski definition) is 2. The van der Waals surface area contributed by atoms with E-state index in [9.17, 15) is 0 Å². The van der Waals surface area contributed by atoms with Gasteiger partial charge in [0.2, 0.25) is 0 Å².